The van der Waals surface area contributed by atoms with Gasteiger partial charge in [0.2, 0.25) is 0 Å². The van der Waals surface area contributed by atoms with E-state index in [1.165, 1.54) is 39.2 Å². The number of rotatable bonds is 3. The van der Waals surface area contributed by atoms with Gasteiger partial charge < -0.3 is 9.80 Å². The van der Waals surface area contributed by atoms with Gasteiger partial charge in [-0.1, -0.05) is 44.5 Å². The van der Waals surface area contributed by atoms with Crippen molar-refractivity contribution in [1.29, 1.82) is 0 Å². The Labute approximate surface area is 159 Å². The molecule has 0 amide bonds. The normalized spacial score (nSPS) is 23.3. The van der Waals surface area contributed by atoms with Crippen molar-refractivity contribution in [1.82, 2.24) is 4.90 Å². The van der Waals surface area contributed by atoms with Crippen LogP contribution in [0.25, 0.3) is 0 Å². The summed E-state index contributed by atoms with van der Waals surface area (Å²) in [5.41, 5.74) is 9.75. The van der Waals surface area contributed by atoms with Gasteiger partial charge in [-0.15, -0.1) is 0 Å². The van der Waals surface area contributed by atoms with E-state index in [2.05, 4.69) is 95.8 Å². The van der Waals surface area contributed by atoms with E-state index in [0.717, 1.165) is 6.42 Å². The van der Waals surface area contributed by atoms with Crippen LogP contribution in [0.2, 0.25) is 0 Å². The van der Waals surface area contributed by atoms with Gasteiger partial charge in [-0.2, -0.15) is 0 Å². The molecule has 2 heteroatoms. The molecule has 0 fully saturated rings. The van der Waals surface area contributed by atoms with Crippen LogP contribution in [0.5, 0.6) is 0 Å². The van der Waals surface area contributed by atoms with Crippen molar-refractivity contribution in [3.8, 4) is 0 Å². The number of nitrogens with zero attached hydrogens (tertiary/aromatic N) is 2. The SMILES string of the molecule is CC1=C[C@@H](C)CC(C)=C1N1C=CN(c2c(C)cc(C)cc2C)C1C(C)C. The summed E-state index contributed by atoms with van der Waals surface area (Å²) in [6, 6.07) is 4.60. The first-order valence-electron chi connectivity index (χ1n) is 9.92. The molecular weight excluding hydrogens is 316 g/mol. The summed E-state index contributed by atoms with van der Waals surface area (Å²) >= 11 is 0. The average molecular weight is 351 g/mol. The summed E-state index contributed by atoms with van der Waals surface area (Å²) < 4.78 is 0. The number of benzene rings is 1. The Balaban J connectivity index is 2.04. The fourth-order valence-electron chi connectivity index (χ4n) is 4.99. The van der Waals surface area contributed by atoms with Gasteiger partial charge in [-0.05, 0) is 75.1 Å². The first kappa shape index (κ1) is 18.8. The molecule has 0 aromatic heterocycles. The molecule has 1 aromatic rings. The zero-order valence-corrected chi connectivity index (χ0v) is 17.7. The summed E-state index contributed by atoms with van der Waals surface area (Å²) in [6.45, 7) is 18.2. The van der Waals surface area contributed by atoms with Crippen molar-refractivity contribution in [2.24, 2.45) is 11.8 Å². The van der Waals surface area contributed by atoms with Gasteiger partial charge in [0.25, 0.3) is 0 Å². The van der Waals surface area contributed by atoms with Crippen LogP contribution in [-0.4, -0.2) is 11.1 Å². The molecule has 0 N–H and O–H groups in total. The van der Waals surface area contributed by atoms with Crippen molar-refractivity contribution in [2.45, 2.75) is 68.0 Å². The van der Waals surface area contributed by atoms with Gasteiger partial charge >= 0.3 is 0 Å². The number of allylic oxidation sites excluding steroid dienone is 3. The minimum absolute atomic E-state index is 0.316. The van der Waals surface area contributed by atoms with Gasteiger partial charge in [0.15, 0.2) is 0 Å². The van der Waals surface area contributed by atoms with E-state index < -0.39 is 0 Å². The number of anilines is 1. The lowest BCUT2D eigenvalue weighted by Gasteiger charge is -2.40. The molecule has 2 atom stereocenters. The summed E-state index contributed by atoms with van der Waals surface area (Å²) in [5, 5.41) is 0. The number of hydrogen-bond donors (Lipinski definition) is 0. The lowest BCUT2D eigenvalue weighted by molar-refractivity contribution is 0.289. The lowest BCUT2D eigenvalue weighted by atomic mass is 9.89. The lowest BCUT2D eigenvalue weighted by Crippen LogP contribution is -2.43. The maximum atomic E-state index is 2.51. The predicted molar refractivity (Wildman–Crippen MR) is 113 cm³/mol. The third kappa shape index (κ3) is 3.22. The molecule has 3 rings (SSSR count). The minimum Gasteiger partial charge on any atom is -0.325 e. The molecular formula is C24H34N2. The van der Waals surface area contributed by atoms with E-state index in [4.69, 9.17) is 0 Å². The fourth-order valence-corrected chi connectivity index (χ4v) is 4.99. The maximum absolute atomic E-state index is 2.51. The van der Waals surface area contributed by atoms with Crippen LogP contribution >= 0.6 is 0 Å². The van der Waals surface area contributed by atoms with Crippen molar-refractivity contribution in [3.63, 3.8) is 0 Å². The highest BCUT2D eigenvalue weighted by Crippen LogP contribution is 2.40. The van der Waals surface area contributed by atoms with Crippen molar-refractivity contribution < 1.29 is 0 Å². The fraction of sp³-hybridized carbons (Fsp3) is 0.500. The molecule has 1 aromatic carbocycles. The molecule has 1 aliphatic heterocycles. The third-order valence-electron chi connectivity index (χ3n) is 5.65. The van der Waals surface area contributed by atoms with Gasteiger partial charge in [-0.3, -0.25) is 0 Å². The second-order valence-electron chi connectivity index (χ2n) is 8.68. The van der Waals surface area contributed by atoms with E-state index in [0.29, 0.717) is 18.0 Å². The first-order chi connectivity index (χ1) is 12.2. The number of aryl methyl sites for hydroxylation is 3. The molecule has 0 radical (unpaired) electrons. The second-order valence-corrected chi connectivity index (χ2v) is 8.68. The van der Waals surface area contributed by atoms with E-state index >= 15 is 0 Å². The smallest absolute Gasteiger partial charge is 0.112 e. The van der Waals surface area contributed by atoms with E-state index in [1.54, 1.807) is 0 Å². The van der Waals surface area contributed by atoms with Crippen LogP contribution < -0.4 is 4.90 Å². The quantitative estimate of drug-likeness (QED) is 0.618. The summed E-state index contributed by atoms with van der Waals surface area (Å²) in [4.78, 5) is 5.00. The largest absolute Gasteiger partial charge is 0.325 e. The molecule has 0 saturated carbocycles. The Kier molecular flexibility index (Phi) is 5.05. The van der Waals surface area contributed by atoms with E-state index in [-0.39, 0.29) is 0 Å². The van der Waals surface area contributed by atoms with Gasteiger partial charge in [0, 0.05) is 23.8 Å². The van der Waals surface area contributed by atoms with Crippen molar-refractivity contribution in [2.75, 3.05) is 4.90 Å². The summed E-state index contributed by atoms with van der Waals surface area (Å²) in [5.74, 6) is 1.15. The molecule has 0 spiro atoms. The predicted octanol–water partition coefficient (Wildman–Crippen LogP) is 6.45. The zero-order valence-electron chi connectivity index (χ0n) is 17.7. The third-order valence-corrected chi connectivity index (χ3v) is 5.65. The number of hydrogen-bond acceptors (Lipinski definition) is 2. The highest BCUT2D eigenvalue weighted by atomic mass is 15.4. The first-order valence-corrected chi connectivity index (χ1v) is 9.92. The molecule has 0 bridgehead atoms. The molecule has 26 heavy (non-hydrogen) atoms. The Morgan fingerprint density at radius 1 is 0.923 bits per heavy atom. The van der Waals surface area contributed by atoms with E-state index in [1.807, 2.05) is 0 Å². The van der Waals surface area contributed by atoms with E-state index in [9.17, 15) is 0 Å². The Morgan fingerprint density at radius 2 is 1.50 bits per heavy atom. The van der Waals surface area contributed by atoms with Gasteiger partial charge in [0.05, 0.1) is 0 Å². The van der Waals surface area contributed by atoms with Crippen molar-refractivity contribution >= 4 is 5.69 Å². The molecule has 0 saturated heterocycles. The average Bonchev–Trinajstić information content (AvgIpc) is 2.89. The highest BCUT2D eigenvalue weighted by molar-refractivity contribution is 5.64. The zero-order chi connectivity index (χ0) is 19.2. The Morgan fingerprint density at radius 3 is 2.04 bits per heavy atom. The molecule has 2 aliphatic rings. The topological polar surface area (TPSA) is 6.48 Å². The summed E-state index contributed by atoms with van der Waals surface area (Å²) in [7, 11) is 0. The monoisotopic (exact) mass is 350 g/mol. The van der Waals surface area contributed by atoms with Crippen LogP contribution in [0.4, 0.5) is 5.69 Å². The van der Waals surface area contributed by atoms with Crippen LogP contribution in [0.15, 0.2) is 47.5 Å². The van der Waals surface area contributed by atoms with Gasteiger partial charge in [0.1, 0.15) is 6.17 Å². The molecule has 1 unspecified atom stereocenters. The Bertz CT molecular complexity index is 771. The van der Waals surface area contributed by atoms with Crippen LogP contribution in [0.3, 0.4) is 0 Å². The highest BCUT2D eigenvalue weighted by Gasteiger charge is 2.35. The standard InChI is InChI=1S/C24H34N2/c1-15(2)24-25(22-18(5)11-16(3)12-19(22)6)9-10-26(24)23-20(7)13-17(4)14-21(23)8/h9-13,15,17,24H,14H2,1-8H3/t17-,24?/m1/s1. The van der Waals surface area contributed by atoms with Crippen LogP contribution in [-0.2, 0) is 0 Å². The molecule has 1 aliphatic carbocycles. The van der Waals surface area contributed by atoms with Crippen molar-refractivity contribution in [3.05, 3.63) is 64.1 Å². The Hall–Kier alpha value is -1.96. The minimum atomic E-state index is 0.316. The molecule has 1 heterocycles. The van der Waals surface area contributed by atoms with Crippen LogP contribution in [0.1, 0.15) is 57.7 Å². The maximum Gasteiger partial charge on any atom is 0.112 e. The van der Waals surface area contributed by atoms with Gasteiger partial charge in [-0.25, -0.2) is 0 Å². The van der Waals surface area contributed by atoms with Crippen LogP contribution in [0, 0.1) is 32.6 Å². The summed E-state index contributed by atoms with van der Waals surface area (Å²) in [6.07, 6.45) is 8.47. The molecule has 140 valence electrons. The molecule has 2 nitrogen and oxygen atoms in total. The second kappa shape index (κ2) is 6.98.